The number of methoxy groups -OCH3 is 2. The Morgan fingerprint density at radius 3 is 1.39 bits per heavy atom. The lowest BCUT2D eigenvalue weighted by Gasteiger charge is -2.12. The zero-order valence-corrected chi connectivity index (χ0v) is 25.5. The summed E-state index contributed by atoms with van der Waals surface area (Å²) in [6.45, 7) is 6.50. The Balaban J connectivity index is 1.55. The lowest BCUT2D eigenvalue weighted by Crippen LogP contribution is -2.22. The molecule has 8 nitrogen and oxygen atoms in total. The van der Waals surface area contributed by atoms with Crippen LogP contribution in [0.4, 0.5) is 0 Å². The monoisotopic (exact) mass is 570 g/mol. The average Bonchev–Trinajstić information content (AvgIpc) is 2.99. The highest BCUT2D eigenvalue weighted by molar-refractivity contribution is 5.76. The van der Waals surface area contributed by atoms with Gasteiger partial charge in [-0.15, -0.1) is 0 Å². The lowest BCUT2D eigenvalue weighted by molar-refractivity contribution is -0.122. The summed E-state index contributed by atoms with van der Waals surface area (Å²) in [6.07, 6.45) is 9.78. The normalized spacial score (nSPS) is 10.6. The van der Waals surface area contributed by atoms with Crippen LogP contribution in [0, 0.1) is 0 Å². The molecule has 2 rings (SSSR count). The number of benzene rings is 2. The Morgan fingerprint density at radius 1 is 0.585 bits per heavy atom. The van der Waals surface area contributed by atoms with E-state index in [-0.39, 0.29) is 11.8 Å². The van der Waals surface area contributed by atoms with Crippen molar-refractivity contribution in [2.24, 2.45) is 0 Å². The molecule has 0 aliphatic carbocycles. The van der Waals surface area contributed by atoms with E-state index in [0.29, 0.717) is 50.6 Å². The molecular formula is C33H50N2O6. The molecule has 0 aliphatic rings. The summed E-state index contributed by atoms with van der Waals surface area (Å²) in [5.74, 6) is 2.92. The van der Waals surface area contributed by atoms with E-state index >= 15 is 0 Å². The van der Waals surface area contributed by atoms with Gasteiger partial charge in [-0.3, -0.25) is 9.59 Å². The lowest BCUT2D eigenvalue weighted by atomic mass is 10.1. The molecule has 2 amide bonds. The summed E-state index contributed by atoms with van der Waals surface area (Å²) in [7, 11) is 3.25. The molecule has 2 aromatic rings. The fraction of sp³-hybridized carbons (Fsp3) is 0.576. The Kier molecular flexibility index (Phi) is 16.9. The zero-order valence-electron chi connectivity index (χ0n) is 25.5. The number of hydrogen-bond acceptors (Lipinski definition) is 6. The first kappa shape index (κ1) is 33.8. The quantitative estimate of drug-likeness (QED) is 0.153. The van der Waals surface area contributed by atoms with Crippen LogP contribution < -0.4 is 29.6 Å². The molecule has 0 radical (unpaired) electrons. The van der Waals surface area contributed by atoms with Crippen molar-refractivity contribution in [3.8, 4) is 23.0 Å². The Bertz CT molecular complexity index is 961. The van der Waals surface area contributed by atoms with Crippen LogP contribution in [0.5, 0.6) is 23.0 Å². The van der Waals surface area contributed by atoms with Gasteiger partial charge >= 0.3 is 0 Å². The molecule has 41 heavy (non-hydrogen) atoms. The first-order chi connectivity index (χ1) is 20.0. The van der Waals surface area contributed by atoms with E-state index in [4.69, 9.17) is 18.9 Å². The second-order valence-corrected chi connectivity index (χ2v) is 10.2. The second-order valence-electron chi connectivity index (χ2n) is 10.2. The minimum atomic E-state index is 0.0452. The smallest absolute Gasteiger partial charge is 0.220 e. The summed E-state index contributed by atoms with van der Waals surface area (Å²) < 4.78 is 22.4. The molecular weight excluding hydrogens is 520 g/mol. The van der Waals surface area contributed by atoms with Crippen LogP contribution in [-0.2, 0) is 22.7 Å². The molecule has 0 unspecified atom stereocenters. The maximum absolute atomic E-state index is 12.3. The number of carbonyl (C=O) groups is 2. The number of unbranched alkanes of at least 4 members (excludes halogenated alkanes) is 6. The summed E-state index contributed by atoms with van der Waals surface area (Å²) in [4.78, 5) is 24.5. The third-order valence-corrected chi connectivity index (χ3v) is 6.75. The van der Waals surface area contributed by atoms with E-state index in [9.17, 15) is 9.59 Å². The summed E-state index contributed by atoms with van der Waals surface area (Å²) in [6, 6.07) is 11.5. The molecule has 0 saturated carbocycles. The summed E-state index contributed by atoms with van der Waals surface area (Å²) in [5.41, 5.74) is 1.95. The molecule has 0 saturated heterocycles. The van der Waals surface area contributed by atoms with Crippen molar-refractivity contribution in [3.63, 3.8) is 0 Å². The Morgan fingerprint density at radius 2 is 1.00 bits per heavy atom. The molecule has 0 aromatic heterocycles. The minimum Gasteiger partial charge on any atom is -0.493 e. The van der Waals surface area contributed by atoms with Crippen molar-refractivity contribution in [3.05, 3.63) is 47.5 Å². The van der Waals surface area contributed by atoms with Gasteiger partial charge < -0.3 is 29.6 Å². The van der Waals surface area contributed by atoms with Gasteiger partial charge in [0.1, 0.15) is 0 Å². The predicted molar refractivity (Wildman–Crippen MR) is 163 cm³/mol. The maximum atomic E-state index is 12.3. The Labute approximate surface area is 246 Å². The van der Waals surface area contributed by atoms with Crippen molar-refractivity contribution in [1.29, 1.82) is 0 Å². The van der Waals surface area contributed by atoms with Gasteiger partial charge in [-0.2, -0.15) is 0 Å². The van der Waals surface area contributed by atoms with Crippen molar-refractivity contribution in [2.45, 2.75) is 97.6 Å². The highest BCUT2D eigenvalue weighted by Crippen LogP contribution is 2.29. The van der Waals surface area contributed by atoms with E-state index in [2.05, 4.69) is 24.5 Å². The third kappa shape index (κ3) is 13.7. The van der Waals surface area contributed by atoms with Crippen LogP contribution in [0.2, 0.25) is 0 Å². The molecule has 0 aliphatic heterocycles. The maximum Gasteiger partial charge on any atom is 0.220 e. The largest absolute Gasteiger partial charge is 0.493 e. The molecule has 0 heterocycles. The third-order valence-electron chi connectivity index (χ3n) is 6.75. The van der Waals surface area contributed by atoms with Crippen LogP contribution in [0.25, 0.3) is 0 Å². The van der Waals surface area contributed by atoms with E-state index in [1.807, 2.05) is 36.4 Å². The van der Waals surface area contributed by atoms with Crippen molar-refractivity contribution in [2.75, 3.05) is 27.4 Å². The van der Waals surface area contributed by atoms with Crippen molar-refractivity contribution in [1.82, 2.24) is 10.6 Å². The van der Waals surface area contributed by atoms with Gasteiger partial charge in [0.05, 0.1) is 27.4 Å². The first-order valence-corrected chi connectivity index (χ1v) is 15.1. The number of carbonyl (C=O) groups excluding carboxylic acids is 2. The highest BCUT2D eigenvalue weighted by atomic mass is 16.5. The molecule has 0 atom stereocenters. The molecule has 2 N–H and O–H groups in total. The second kappa shape index (κ2) is 20.5. The first-order valence-electron chi connectivity index (χ1n) is 15.1. The summed E-state index contributed by atoms with van der Waals surface area (Å²) in [5, 5.41) is 5.97. The van der Waals surface area contributed by atoms with Gasteiger partial charge in [-0.05, 0) is 61.1 Å². The molecule has 2 aromatic carbocycles. The number of nitrogens with one attached hydrogen (secondary N) is 2. The fourth-order valence-corrected chi connectivity index (χ4v) is 4.21. The SMILES string of the molecule is CCCCOc1ccc(CNC(=O)CCCCCCCC(=O)NCc2ccc(OCCCC)c(OC)c2)cc1OC. The molecule has 0 bridgehead atoms. The van der Waals surface area contributed by atoms with Crippen LogP contribution in [0.15, 0.2) is 36.4 Å². The van der Waals surface area contributed by atoms with Crippen LogP contribution >= 0.6 is 0 Å². The molecule has 228 valence electrons. The number of amides is 2. The number of ether oxygens (including phenoxy) is 4. The molecule has 0 fully saturated rings. The van der Waals surface area contributed by atoms with E-state index in [0.717, 1.165) is 80.4 Å². The standard InChI is InChI=1S/C33H50N2O6/c1-5-7-20-40-28-18-16-26(22-30(28)38-3)24-34-32(36)14-12-10-9-11-13-15-33(37)35-25-27-17-19-29(31(23-27)39-4)41-21-8-6-2/h16-19,22-23H,5-15,20-21,24-25H2,1-4H3,(H,34,36)(H,35,37). The zero-order chi connectivity index (χ0) is 29.7. The van der Waals surface area contributed by atoms with E-state index < -0.39 is 0 Å². The summed E-state index contributed by atoms with van der Waals surface area (Å²) >= 11 is 0. The number of hydrogen-bond donors (Lipinski definition) is 2. The molecule has 0 spiro atoms. The minimum absolute atomic E-state index is 0.0452. The van der Waals surface area contributed by atoms with E-state index in [1.54, 1.807) is 14.2 Å². The number of rotatable bonds is 22. The van der Waals surface area contributed by atoms with Gasteiger partial charge in [0.15, 0.2) is 23.0 Å². The van der Waals surface area contributed by atoms with Crippen molar-refractivity contribution >= 4 is 11.8 Å². The predicted octanol–water partition coefficient (Wildman–Crippen LogP) is 6.72. The van der Waals surface area contributed by atoms with Gasteiger partial charge in [-0.25, -0.2) is 0 Å². The highest BCUT2D eigenvalue weighted by Gasteiger charge is 2.09. The van der Waals surface area contributed by atoms with Crippen LogP contribution in [0.1, 0.15) is 95.6 Å². The van der Waals surface area contributed by atoms with Gasteiger partial charge in [0, 0.05) is 25.9 Å². The van der Waals surface area contributed by atoms with E-state index in [1.165, 1.54) is 0 Å². The van der Waals surface area contributed by atoms with Gasteiger partial charge in [0.25, 0.3) is 0 Å². The fourth-order valence-electron chi connectivity index (χ4n) is 4.21. The van der Waals surface area contributed by atoms with Crippen LogP contribution in [-0.4, -0.2) is 39.2 Å². The van der Waals surface area contributed by atoms with Crippen molar-refractivity contribution < 1.29 is 28.5 Å². The molecule has 8 heteroatoms. The Hall–Kier alpha value is -3.42. The average molecular weight is 571 g/mol. The van der Waals surface area contributed by atoms with Gasteiger partial charge in [0.2, 0.25) is 11.8 Å². The topological polar surface area (TPSA) is 95.1 Å². The van der Waals surface area contributed by atoms with Gasteiger partial charge in [-0.1, -0.05) is 58.1 Å². The van der Waals surface area contributed by atoms with Crippen LogP contribution in [0.3, 0.4) is 0 Å².